The third-order valence-electron chi connectivity index (χ3n) is 10.5. The molecule has 0 aromatic rings. The van der Waals surface area contributed by atoms with Crippen molar-refractivity contribution in [2.75, 3.05) is 7.11 Å². The lowest BCUT2D eigenvalue weighted by atomic mass is 9.43. The molecule has 0 aromatic heterocycles. The Morgan fingerprint density at radius 2 is 1.63 bits per heavy atom. The molecule has 0 radical (unpaired) electrons. The molecule has 0 saturated heterocycles. The summed E-state index contributed by atoms with van der Waals surface area (Å²) in [6, 6.07) is 0. The molecule has 4 aliphatic carbocycles. The van der Waals surface area contributed by atoms with Crippen LogP contribution in [0.5, 0.6) is 0 Å². The lowest BCUT2D eigenvalue weighted by molar-refractivity contribution is -0.193. The van der Waals surface area contributed by atoms with Gasteiger partial charge in [-0.1, -0.05) is 33.6 Å². The Labute approximate surface area is 185 Å². The van der Waals surface area contributed by atoms with Crippen molar-refractivity contribution in [1.29, 1.82) is 0 Å². The van der Waals surface area contributed by atoms with E-state index in [0.29, 0.717) is 11.8 Å². The fraction of sp³-hybridized carbons (Fsp3) is 0.963. The molecular weight excluding hydrogens is 372 g/mol. The Bertz CT molecular complexity index is 624. The second kappa shape index (κ2) is 8.41. The molecule has 0 spiro atoms. The predicted molar refractivity (Wildman–Crippen MR) is 121 cm³/mol. The Hall–Kier alpha value is -0.570. The average Bonchev–Trinajstić information content (AvgIpc) is 2.73. The third-order valence-corrected chi connectivity index (χ3v) is 10.5. The molecule has 6 atom stereocenters. The fourth-order valence-corrected chi connectivity index (χ4v) is 8.54. The third kappa shape index (κ3) is 3.65. The molecule has 30 heavy (non-hydrogen) atoms. The topological polar surface area (TPSA) is 35.5 Å². The van der Waals surface area contributed by atoms with Gasteiger partial charge in [-0.3, -0.25) is 4.79 Å². The molecule has 3 heteroatoms. The van der Waals surface area contributed by atoms with Gasteiger partial charge in [-0.15, -0.1) is 0 Å². The summed E-state index contributed by atoms with van der Waals surface area (Å²) in [4.78, 5) is 13.5. The van der Waals surface area contributed by atoms with Crippen LogP contribution in [-0.4, -0.2) is 24.8 Å². The first-order valence-electron chi connectivity index (χ1n) is 13.0. The molecule has 0 amide bonds. The van der Waals surface area contributed by atoms with Crippen LogP contribution in [0.15, 0.2) is 0 Å². The largest absolute Gasteiger partial charge is 0.462 e. The SMILES string of the molecule is COC1(C(C)C)CCC2C(CCC3C(C)(C(=O)OC4CCCCC4)CCCC23C)C1. The van der Waals surface area contributed by atoms with Crippen LogP contribution in [0.1, 0.15) is 111 Å². The van der Waals surface area contributed by atoms with E-state index >= 15 is 0 Å². The van der Waals surface area contributed by atoms with Crippen LogP contribution in [0.2, 0.25) is 0 Å². The summed E-state index contributed by atoms with van der Waals surface area (Å²) in [6.07, 6.45) is 15.6. The average molecular weight is 419 g/mol. The van der Waals surface area contributed by atoms with E-state index in [1.807, 2.05) is 7.11 Å². The Morgan fingerprint density at radius 1 is 0.900 bits per heavy atom. The molecule has 4 aliphatic rings. The molecule has 0 heterocycles. The van der Waals surface area contributed by atoms with Crippen LogP contribution in [0.25, 0.3) is 0 Å². The van der Waals surface area contributed by atoms with E-state index in [0.717, 1.165) is 31.1 Å². The van der Waals surface area contributed by atoms with Crippen molar-refractivity contribution < 1.29 is 14.3 Å². The molecule has 172 valence electrons. The molecule has 3 nitrogen and oxygen atoms in total. The summed E-state index contributed by atoms with van der Waals surface area (Å²) < 4.78 is 12.3. The van der Waals surface area contributed by atoms with Crippen molar-refractivity contribution in [3.05, 3.63) is 0 Å². The Balaban J connectivity index is 1.52. The second-order valence-electron chi connectivity index (χ2n) is 12.1. The van der Waals surface area contributed by atoms with Crippen LogP contribution in [0.4, 0.5) is 0 Å². The van der Waals surface area contributed by atoms with Crippen LogP contribution >= 0.6 is 0 Å². The van der Waals surface area contributed by atoms with Gasteiger partial charge in [0.2, 0.25) is 0 Å². The summed E-state index contributed by atoms with van der Waals surface area (Å²) in [7, 11) is 1.92. The smallest absolute Gasteiger partial charge is 0.312 e. The van der Waals surface area contributed by atoms with Gasteiger partial charge in [0.1, 0.15) is 6.10 Å². The van der Waals surface area contributed by atoms with E-state index in [1.54, 1.807) is 0 Å². The van der Waals surface area contributed by atoms with Crippen molar-refractivity contribution in [1.82, 2.24) is 0 Å². The van der Waals surface area contributed by atoms with Crippen LogP contribution in [-0.2, 0) is 14.3 Å². The molecule has 4 saturated carbocycles. The zero-order valence-electron chi connectivity index (χ0n) is 20.3. The van der Waals surface area contributed by atoms with E-state index in [9.17, 15) is 4.79 Å². The molecule has 0 aromatic carbocycles. The lowest BCUT2D eigenvalue weighted by Crippen LogP contribution is -2.58. The molecular formula is C27H46O3. The number of hydrogen-bond donors (Lipinski definition) is 0. The first-order chi connectivity index (χ1) is 14.2. The number of rotatable bonds is 4. The number of carbonyl (C=O) groups is 1. The lowest BCUT2D eigenvalue weighted by Gasteiger charge is -2.62. The summed E-state index contributed by atoms with van der Waals surface area (Å²) in [5.41, 5.74) is 0.0455. The van der Waals surface area contributed by atoms with Gasteiger partial charge in [-0.25, -0.2) is 0 Å². The first-order valence-corrected chi connectivity index (χ1v) is 13.0. The van der Waals surface area contributed by atoms with Crippen LogP contribution in [0, 0.1) is 34.5 Å². The predicted octanol–water partition coefficient (Wildman–Crippen LogP) is 6.93. The zero-order chi connectivity index (χ0) is 21.6. The van der Waals surface area contributed by atoms with Gasteiger partial charge in [-0.05, 0) is 107 Å². The normalized spacial score (nSPS) is 44.9. The number of carbonyl (C=O) groups excluding carboxylic acids is 1. The molecule has 6 unspecified atom stereocenters. The standard InChI is InChI=1S/C27H46O3/c1-19(2)27(29-5)17-14-22-20(18-27)12-13-23-25(22,3)15-9-16-26(23,4)24(28)30-21-10-7-6-8-11-21/h19-23H,6-18H2,1-5H3. The number of methoxy groups -OCH3 is 1. The number of hydrogen-bond acceptors (Lipinski definition) is 3. The van der Waals surface area contributed by atoms with Crippen molar-refractivity contribution in [2.45, 2.75) is 123 Å². The van der Waals surface area contributed by atoms with Crippen molar-refractivity contribution in [3.63, 3.8) is 0 Å². The number of esters is 1. The highest BCUT2D eigenvalue weighted by molar-refractivity contribution is 5.77. The van der Waals surface area contributed by atoms with E-state index < -0.39 is 0 Å². The zero-order valence-corrected chi connectivity index (χ0v) is 20.3. The maximum absolute atomic E-state index is 13.5. The molecule has 0 aliphatic heterocycles. The molecule has 0 bridgehead atoms. The Kier molecular flexibility index (Phi) is 6.34. The minimum Gasteiger partial charge on any atom is -0.462 e. The van der Waals surface area contributed by atoms with Gasteiger partial charge < -0.3 is 9.47 Å². The van der Waals surface area contributed by atoms with Crippen molar-refractivity contribution in [3.8, 4) is 0 Å². The monoisotopic (exact) mass is 418 g/mol. The minimum atomic E-state index is -0.288. The van der Waals surface area contributed by atoms with E-state index in [-0.39, 0.29) is 28.5 Å². The molecule has 4 fully saturated rings. The maximum atomic E-state index is 13.5. The van der Waals surface area contributed by atoms with E-state index in [1.165, 1.54) is 64.2 Å². The maximum Gasteiger partial charge on any atom is 0.312 e. The molecule has 4 rings (SSSR count). The van der Waals surface area contributed by atoms with Crippen molar-refractivity contribution in [2.24, 2.45) is 34.5 Å². The van der Waals surface area contributed by atoms with Gasteiger partial charge in [-0.2, -0.15) is 0 Å². The summed E-state index contributed by atoms with van der Waals surface area (Å²) in [5.74, 6) is 2.66. The highest BCUT2D eigenvalue weighted by Crippen LogP contribution is 2.65. The van der Waals surface area contributed by atoms with E-state index in [4.69, 9.17) is 9.47 Å². The first kappa shape index (κ1) is 22.6. The summed E-state index contributed by atoms with van der Waals surface area (Å²) in [5, 5.41) is 0. The second-order valence-corrected chi connectivity index (χ2v) is 12.1. The quantitative estimate of drug-likeness (QED) is 0.464. The van der Waals surface area contributed by atoms with Gasteiger partial charge in [0.15, 0.2) is 0 Å². The minimum absolute atomic E-state index is 0.0578. The fourth-order valence-electron chi connectivity index (χ4n) is 8.54. The number of ether oxygens (including phenoxy) is 2. The van der Waals surface area contributed by atoms with E-state index in [2.05, 4.69) is 27.7 Å². The number of fused-ring (bicyclic) bond motifs is 3. The summed E-state index contributed by atoms with van der Waals surface area (Å²) >= 11 is 0. The van der Waals surface area contributed by atoms with Crippen molar-refractivity contribution >= 4 is 5.97 Å². The highest BCUT2D eigenvalue weighted by Gasteiger charge is 2.61. The highest BCUT2D eigenvalue weighted by atomic mass is 16.5. The molecule has 0 N–H and O–H groups in total. The van der Waals surface area contributed by atoms with Gasteiger partial charge in [0.25, 0.3) is 0 Å². The van der Waals surface area contributed by atoms with Gasteiger partial charge in [0.05, 0.1) is 11.0 Å². The van der Waals surface area contributed by atoms with Gasteiger partial charge in [0, 0.05) is 7.11 Å². The van der Waals surface area contributed by atoms with Crippen LogP contribution in [0.3, 0.4) is 0 Å². The Morgan fingerprint density at radius 3 is 2.30 bits per heavy atom. The summed E-state index contributed by atoms with van der Waals surface area (Å²) in [6.45, 7) is 9.46. The van der Waals surface area contributed by atoms with Gasteiger partial charge >= 0.3 is 5.97 Å². The van der Waals surface area contributed by atoms with Crippen LogP contribution < -0.4 is 0 Å².